The van der Waals surface area contributed by atoms with E-state index >= 15 is 0 Å². The van der Waals surface area contributed by atoms with Crippen molar-refractivity contribution in [2.24, 2.45) is 0 Å². The van der Waals surface area contributed by atoms with Crippen LogP contribution in [-0.2, 0) is 0 Å². The number of nitrogens with zero attached hydrogens (tertiary/aromatic N) is 5. The molecule has 0 spiro atoms. The van der Waals surface area contributed by atoms with Gasteiger partial charge in [0.25, 0.3) is 5.56 Å². The second-order valence-electron chi connectivity index (χ2n) is 6.88. The number of aryl methyl sites for hydroxylation is 1. The normalized spacial score (nSPS) is 11.8. The van der Waals surface area contributed by atoms with E-state index in [1.165, 1.54) is 6.20 Å². The van der Waals surface area contributed by atoms with E-state index in [4.69, 9.17) is 10.7 Å². The maximum Gasteiger partial charge on any atom is 0.266 e. The van der Waals surface area contributed by atoms with Gasteiger partial charge in [0.2, 0.25) is 5.95 Å². The van der Waals surface area contributed by atoms with Crippen molar-refractivity contribution >= 4 is 22.7 Å². The van der Waals surface area contributed by atoms with Gasteiger partial charge in [-0.1, -0.05) is 30.3 Å². The molecule has 4 rings (SSSR count). The Morgan fingerprint density at radius 1 is 1.13 bits per heavy atom. The molecule has 0 saturated heterocycles. The number of para-hydroxylation sites is 1. The molecule has 0 radical (unpaired) electrons. The lowest BCUT2D eigenvalue weighted by molar-refractivity contribution is 0.730. The number of nitrogen functional groups attached to an aromatic ring is 1. The number of nitrogens with one attached hydrogen (secondary N) is 1. The Morgan fingerprint density at radius 3 is 2.63 bits per heavy atom. The Kier molecular flexibility index (Phi) is 4.86. The molecule has 3 N–H and O–H groups in total. The molecule has 148 valence electrons. The minimum Gasteiger partial charge on any atom is -0.368 e. The van der Waals surface area contributed by atoms with Crippen molar-refractivity contribution in [2.45, 2.75) is 19.9 Å². The molecule has 0 aliphatic rings. The first-order valence-corrected chi connectivity index (χ1v) is 9.36. The fourth-order valence-corrected chi connectivity index (χ4v) is 3.39. The maximum absolute atomic E-state index is 13.5. The summed E-state index contributed by atoms with van der Waals surface area (Å²) in [7, 11) is 0. The largest absolute Gasteiger partial charge is 0.368 e. The summed E-state index contributed by atoms with van der Waals surface area (Å²) in [5.74, 6) is 0.826. The molecule has 0 saturated carbocycles. The van der Waals surface area contributed by atoms with Crippen molar-refractivity contribution in [1.82, 2.24) is 19.5 Å². The maximum atomic E-state index is 13.5. The van der Waals surface area contributed by atoms with Gasteiger partial charge in [0.05, 0.1) is 28.8 Å². The monoisotopic (exact) mass is 397 g/mol. The first kappa shape index (κ1) is 19.1. The summed E-state index contributed by atoms with van der Waals surface area (Å²) in [4.78, 5) is 26.3. The Balaban J connectivity index is 1.93. The van der Waals surface area contributed by atoms with Gasteiger partial charge in [-0.2, -0.15) is 10.2 Å². The van der Waals surface area contributed by atoms with Crippen molar-refractivity contribution in [3.05, 3.63) is 82.0 Å². The van der Waals surface area contributed by atoms with Crippen LogP contribution in [0, 0.1) is 18.3 Å². The van der Waals surface area contributed by atoms with Crippen LogP contribution in [0.15, 0.2) is 59.5 Å². The van der Waals surface area contributed by atoms with E-state index in [-0.39, 0.29) is 22.9 Å². The minimum absolute atomic E-state index is 0.0474. The second-order valence-corrected chi connectivity index (χ2v) is 6.88. The summed E-state index contributed by atoms with van der Waals surface area (Å²) < 4.78 is 1.59. The van der Waals surface area contributed by atoms with Crippen LogP contribution in [0.3, 0.4) is 0 Å². The van der Waals surface area contributed by atoms with Crippen LogP contribution >= 0.6 is 0 Å². The molecule has 0 bridgehead atoms. The lowest BCUT2D eigenvalue weighted by Gasteiger charge is -2.21. The number of rotatable bonds is 4. The van der Waals surface area contributed by atoms with E-state index in [2.05, 4.69) is 15.3 Å². The fraction of sp³-hybridized carbons (Fsp3) is 0.136. The summed E-state index contributed by atoms with van der Waals surface area (Å²) in [6.07, 6.45) is 1.36. The molecule has 1 unspecified atom stereocenters. The first-order chi connectivity index (χ1) is 14.5. The number of fused-ring (bicyclic) bond motifs is 1. The summed E-state index contributed by atoms with van der Waals surface area (Å²) >= 11 is 0. The van der Waals surface area contributed by atoms with Gasteiger partial charge in [0.1, 0.15) is 23.3 Å². The lowest BCUT2D eigenvalue weighted by atomic mass is 10.1. The van der Waals surface area contributed by atoms with Crippen molar-refractivity contribution in [3.63, 3.8) is 0 Å². The third-order valence-electron chi connectivity index (χ3n) is 4.81. The highest BCUT2D eigenvalue weighted by Crippen LogP contribution is 2.23. The van der Waals surface area contributed by atoms with Crippen LogP contribution in [-0.4, -0.2) is 19.5 Å². The van der Waals surface area contributed by atoms with Gasteiger partial charge in [-0.3, -0.25) is 9.36 Å². The zero-order valence-corrected chi connectivity index (χ0v) is 16.5. The van der Waals surface area contributed by atoms with E-state index in [0.29, 0.717) is 22.4 Å². The van der Waals surface area contributed by atoms with Crippen LogP contribution in [0.5, 0.6) is 0 Å². The molecule has 0 amide bonds. The number of hydrogen-bond donors (Lipinski definition) is 2. The molecule has 8 nitrogen and oxygen atoms in total. The Morgan fingerprint density at radius 2 is 1.90 bits per heavy atom. The van der Waals surface area contributed by atoms with E-state index in [9.17, 15) is 10.1 Å². The predicted octanol–water partition coefficient (Wildman–Crippen LogP) is 3.11. The minimum atomic E-state index is -0.454. The Bertz CT molecular complexity index is 1340. The second kappa shape index (κ2) is 7.64. The molecule has 1 atom stereocenters. The van der Waals surface area contributed by atoms with Gasteiger partial charge in [0, 0.05) is 0 Å². The average Bonchev–Trinajstić information content (AvgIpc) is 2.74. The van der Waals surface area contributed by atoms with E-state index in [1.54, 1.807) is 4.57 Å². The SMILES string of the molecule is Cc1cccc2nc(C(C)Nc3nc(N)ncc3C#N)n(-c3ccccc3)c(=O)c12. The van der Waals surface area contributed by atoms with Crippen molar-refractivity contribution < 1.29 is 0 Å². The zero-order chi connectivity index (χ0) is 21.3. The number of nitriles is 1. The molecule has 0 aliphatic heterocycles. The lowest BCUT2D eigenvalue weighted by Crippen LogP contribution is -2.28. The van der Waals surface area contributed by atoms with E-state index in [1.807, 2.05) is 68.4 Å². The molecule has 0 aliphatic carbocycles. The summed E-state index contributed by atoms with van der Waals surface area (Å²) in [5, 5.41) is 13.1. The van der Waals surface area contributed by atoms with Crippen LogP contribution in [0.25, 0.3) is 16.6 Å². The van der Waals surface area contributed by atoms with Crippen LogP contribution in [0.4, 0.5) is 11.8 Å². The van der Waals surface area contributed by atoms with Gasteiger partial charge in [0.15, 0.2) is 0 Å². The molecule has 8 heteroatoms. The molecule has 2 heterocycles. The summed E-state index contributed by atoms with van der Waals surface area (Å²) in [5.41, 5.74) is 7.95. The summed E-state index contributed by atoms with van der Waals surface area (Å²) in [6, 6.07) is 16.5. The molecule has 0 fully saturated rings. The predicted molar refractivity (Wildman–Crippen MR) is 115 cm³/mol. The molecule has 30 heavy (non-hydrogen) atoms. The molecule has 4 aromatic rings. The highest BCUT2D eigenvalue weighted by Gasteiger charge is 2.20. The van der Waals surface area contributed by atoms with Gasteiger partial charge in [-0.25, -0.2) is 9.97 Å². The van der Waals surface area contributed by atoms with E-state index in [0.717, 1.165) is 5.56 Å². The molecular formula is C22H19N7O. The Labute approximate surface area is 172 Å². The smallest absolute Gasteiger partial charge is 0.266 e. The van der Waals surface area contributed by atoms with E-state index < -0.39 is 6.04 Å². The molecular weight excluding hydrogens is 378 g/mol. The third-order valence-corrected chi connectivity index (χ3v) is 4.81. The van der Waals surface area contributed by atoms with Crippen LogP contribution < -0.4 is 16.6 Å². The van der Waals surface area contributed by atoms with Crippen LogP contribution in [0.2, 0.25) is 0 Å². The standard InChI is InChI=1S/C22H19N7O/c1-13-7-6-10-17-18(13)21(30)29(16-8-4-3-5-9-16)20(27-17)14(2)26-19-15(11-23)12-25-22(24)28-19/h3-10,12,14H,1-2H3,(H3,24,25,26,28). The van der Waals surface area contributed by atoms with Crippen molar-refractivity contribution in [2.75, 3.05) is 11.1 Å². The number of benzene rings is 2. The fourth-order valence-electron chi connectivity index (χ4n) is 3.39. The third kappa shape index (κ3) is 3.33. The molecule has 2 aromatic carbocycles. The number of aromatic nitrogens is 4. The van der Waals surface area contributed by atoms with Crippen LogP contribution in [0.1, 0.15) is 29.9 Å². The summed E-state index contributed by atoms with van der Waals surface area (Å²) in [6.45, 7) is 3.74. The van der Waals surface area contributed by atoms with Gasteiger partial charge < -0.3 is 11.1 Å². The number of nitrogens with two attached hydrogens (primary N) is 1. The zero-order valence-electron chi connectivity index (χ0n) is 16.5. The van der Waals surface area contributed by atoms with Crippen molar-refractivity contribution in [3.8, 4) is 11.8 Å². The van der Waals surface area contributed by atoms with Gasteiger partial charge in [-0.05, 0) is 37.6 Å². The average molecular weight is 397 g/mol. The van der Waals surface area contributed by atoms with Gasteiger partial charge >= 0.3 is 0 Å². The van der Waals surface area contributed by atoms with Gasteiger partial charge in [-0.15, -0.1) is 0 Å². The number of anilines is 2. The molecule has 2 aromatic heterocycles. The topological polar surface area (TPSA) is 123 Å². The Hall–Kier alpha value is -4.25. The quantitative estimate of drug-likeness (QED) is 0.542. The highest BCUT2D eigenvalue weighted by molar-refractivity contribution is 5.81. The highest BCUT2D eigenvalue weighted by atomic mass is 16.1. The first-order valence-electron chi connectivity index (χ1n) is 9.36. The number of hydrogen-bond acceptors (Lipinski definition) is 7. The van der Waals surface area contributed by atoms with Crippen molar-refractivity contribution in [1.29, 1.82) is 5.26 Å².